The number of nitrogens with one attached hydrogen (secondary N) is 1. The summed E-state index contributed by atoms with van der Waals surface area (Å²) >= 11 is 0. The van der Waals surface area contributed by atoms with Gasteiger partial charge in [0.25, 0.3) is 0 Å². The topological polar surface area (TPSA) is 38.1 Å². The summed E-state index contributed by atoms with van der Waals surface area (Å²) in [5, 5.41) is 3.40. The number of aromatic nitrogens is 1. The molecule has 0 saturated heterocycles. The van der Waals surface area contributed by atoms with E-state index >= 15 is 0 Å². The molecular weight excluding hydrogens is 353 g/mol. The lowest BCUT2D eigenvalue weighted by Gasteiger charge is -2.43. The Hall–Kier alpha value is -1.56. The highest BCUT2D eigenvalue weighted by molar-refractivity contribution is 5.78. The van der Waals surface area contributed by atoms with Crippen LogP contribution in [0.15, 0.2) is 16.5 Å². The molecule has 0 bridgehead atoms. The van der Waals surface area contributed by atoms with Crippen molar-refractivity contribution in [2.75, 3.05) is 6.54 Å². The molecule has 0 spiro atoms. The Labute approximate surface area is 158 Å². The molecule has 2 aromatic rings. The van der Waals surface area contributed by atoms with Crippen LogP contribution in [-0.2, 0) is 12.7 Å². The van der Waals surface area contributed by atoms with Crippen molar-refractivity contribution in [2.45, 2.75) is 72.0 Å². The molecule has 0 atom stereocenters. The van der Waals surface area contributed by atoms with Gasteiger partial charge < -0.3 is 9.73 Å². The zero-order valence-corrected chi connectivity index (χ0v) is 16.5. The van der Waals surface area contributed by atoms with Gasteiger partial charge in [0, 0.05) is 19.0 Å². The minimum atomic E-state index is -4.46. The number of hydrogen-bond donors (Lipinski definition) is 1. The maximum absolute atomic E-state index is 13.5. The molecule has 1 fully saturated rings. The van der Waals surface area contributed by atoms with Gasteiger partial charge in [-0.3, -0.25) is 0 Å². The van der Waals surface area contributed by atoms with Crippen LogP contribution >= 0.6 is 0 Å². The fraction of sp³-hybridized carbons (Fsp3) is 0.667. The van der Waals surface area contributed by atoms with Crippen LogP contribution in [0.2, 0.25) is 0 Å². The molecule has 0 radical (unpaired) electrons. The average Bonchev–Trinajstić information content (AvgIpc) is 2.94. The van der Waals surface area contributed by atoms with Crippen LogP contribution in [0.1, 0.15) is 76.3 Å². The van der Waals surface area contributed by atoms with Crippen molar-refractivity contribution in [2.24, 2.45) is 11.3 Å². The van der Waals surface area contributed by atoms with E-state index in [0.29, 0.717) is 29.3 Å². The molecule has 1 N–H and O–H groups in total. The van der Waals surface area contributed by atoms with Crippen molar-refractivity contribution in [3.05, 3.63) is 29.2 Å². The van der Waals surface area contributed by atoms with Gasteiger partial charge in [-0.25, -0.2) is 4.98 Å². The smallest absolute Gasteiger partial charge is 0.420 e. The van der Waals surface area contributed by atoms with Gasteiger partial charge in [-0.15, -0.1) is 0 Å². The number of alkyl halides is 3. The van der Waals surface area contributed by atoms with Crippen LogP contribution in [0.5, 0.6) is 0 Å². The van der Waals surface area contributed by atoms with E-state index in [1.165, 1.54) is 25.3 Å². The third-order valence-corrected chi connectivity index (χ3v) is 5.45. The van der Waals surface area contributed by atoms with Gasteiger partial charge in [-0.2, -0.15) is 13.2 Å². The van der Waals surface area contributed by atoms with Gasteiger partial charge >= 0.3 is 6.18 Å². The number of nitrogens with zero attached hydrogens (tertiary/aromatic N) is 1. The number of hydrogen-bond acceptors (Lipinski definition) is 3. The summed E-state index contributed by atoms with van der Waals surface area (Å²) in [5.41, 5.74) is 0.286. The minimum absolute atomic E-state index is 0.0606. The van der Waals surface area contributed by atoms with Gasteiger partial charge in [0.2, 0.25) is 0 Å². The number of halogens is 3. The molecule has 3 nitrogen and oxygen atoms in total. The Kier molecular flexibility index (Phi) is 5.57. The molecule has 0 aliphatic heterocycles. The van der Waals surface area contributed by atoms with E-state index in [1.54, 1.807) is 6.07 Å². The van der Waals surface area contributed by atoms with Gasteiger partial charge in [0.05, 0.1) is 0 Å². The SMILES string of the molecule is CC(C)CC1(CNCc2cc(C(F)(F)F)c3oc(C(C)C)nc3c2)CCC1. The van der Waals surface area contributed by atoms with Crippen molar-refractivity contribution in [1.29, 1.82) is 0 Å². The molecule has 1 heterocycles. The standard InChI is InChI=1S/C21H29F3N2O/c1-13(2)10-20(6-5-7-20)12-25-11-15-8-16(21(22,23)24)18-17(9-15)26-19(27-18)14(3)4/h8-9,13-14,25H,5-7,10-12H2,1-4H3. The molecule has 3 rings (SSSR count). The van der Waals surface area contributed by atoms with Gasteiger partial charge in [0.15, 0.2) is 11.5 Å². The Morgan fingerprint density at radius 3 is 2.41 bits per heavy atom. The molecular formula is C21H29F3N2O. The molecule has 1 aliphatic rings. The first-order valence-corrected chi connectivity index (χ1v) is 9.81. The zero-order valence-electron chi connectivity index (χ0n) is 16.5. The van der Waals surface area contributed by atoms with Gasteiger partial charge in [0.1, 0.15) is 11.1 Å². The van der Waals surface area contributed by atoms with Crippen molar-refractivity contribution in [3.63, 3.8) is 0 Å². The summed E-state index contributed by atoms with van der Waals surface area (Å²) in [7, 11) is 0. The Bertz CT molecular complexity index is 789. The molecule has 1 saturated carbocycles. The first-order valence-electron chi connectivity index (χ1n) is 9.81. The maximum atomic E-state index is 13.5. The molecule has 0 unspecified atom stereocenters. The summed E-state index contributed by atoms with van der Waals surface area (Å²) in [6.07, 6.45) is 0.344. The van der Waals surface area contributed by atoms with Crippen LogP contribution in [0.3, 0.4) is 0 Å². The van der Waals surface area contributed by atoms with E-state index in [9.17, 15) is 13.2 Å². The molecule has 150 valence electrons. The maximum Gasteiger partial charge on any atom is 0.420 e. The largest absolute Gasteiger partial charge is 0.440 e. The Balaban J connectivity index is 1.80. The van der Waals surface area contributed by atoms with E-state index in [1.807, 2.05) is 13.8 Å². The molecule has 6 heteroatoms. The van der Waals surface area contributed by atoms with Crippen molar-refractivity contribution < 1.29 is 17.6 Å². The van der Waals surface area contributed by atoms with E-state index in [-0.39, 0.29) is 17.0 Å². The highest BCUT2D eigenvalue weighted by atomic mass is 19.4. The minimum Gasteiger partial charge on any atom is -0.440 e. The third kappa shape index (κ3) is 4.48. The molecule has 0 amide bonds. The Morgan fingerprint density at radius 2 is 1.89 bits per heavy atom. The second-order valence-corrected chi connectivity index (χ2v) is 8.75. The predicted octanol–water partition coefficient (Wildman–Crippen LogP) is 6.28. The number of rotatable bonds is 7. The van der Waals surface area contributed by atoms with Crippen LogP contribution in [0, 0.1) is 11.3 Å². The van der Waals surface area contributed by atoms with E-state index in [0.717, 1.165) is 13.0 Å². The predicted molar refractivity (Wildman–Crippen MR) is 101 cm³/mol. The van der Waals surface area contributed by atoms with Crippen LogP contribution in [-0.4, -0.2) is 11.5 Å². The summed E-state index contributed by atoms with van der Waals surface area (Å²) in [4.78, 5) is 4.28. The average molecular weight is 382 g/mol. The summed E-state index contributed by atoms with van der Waals surface area (Å²) in [6, 6.07) is 2.91. The third-order valence-electron chi connectivity index (χ3n) is 5.45. The molecule has 1 aromatic heterocycles. The van der Waals surface area contributed by atoms with Crippen LogP contribution < -0.4 is 5.32 Å². The lowest BCUT2D eigenvalue weighted by Crippen LogP contribution is -2.40. The summed E-state index contributed by atoms with van der Waals surface area (Å²) in [6.45, 7) is 9.41. The number of oxazole rings is 1. The molecule has 1 aromatic carbocycles. The highest BCUT2D eigenvalue weighted by Gasteiger charge is 2.37. The Morgan fingerprint density at radius 1 is 1.19 bits per heavy atom. The number of benzene rings is 1. The first kappa shape index (κ1) is 20.2. The lowest BCUT2D eigenvalue weighted by atomic mass is 9.64. The fourth-order valence-corrected chi connectivity index (χ4v) is 4.14. The second kappa shape index (κ2) is 7.46. The van der Waals surface area contributed by atoms with E-state index in [4.69, 9.17) is 4.42 Å². The van der Waals surface area contributed by atoms with Crippen molar-refractivity contribution >= 4 is 11.1 Å². The van der Waals surface area contributed by atoms with E-state index in [2.05, 4.69) is 24.1 Å². The van der Waals surface area contributed by atoms with E-state index < -0.39 is 11.7 Å². The van der Waals surface area contributed by atoms with Crippen LogP contribution in [0.25, 0.3) is 11.1 Å². The fourth-order valence-electron chi connectivity index (χ4n) is 4.14. The van der Waals surface area contributed by atoms with Crippen LogP contribution in [0.4, 0.5) is 13.2 Å². The van der Waals surface area contributed by atoms with Crippen molar-refractivity contribution in [1.82, 2.24) is 10.3 Å². The molecule has 1 aliphatic carbocycles. The van der Waals surface area contributed by atoms with Crippen molar-refractivity contribution in [3.8, 4) is 0 Å². The van der Waals surface area contributed by atoms with Gasteiger partial charge in [-0.05, 0) is 48.3 Å². The zero-order chi connectivity index (χ0) is 19.8. The van der Waals surface area contributed by atoms with Gasteiger partial charge in [-0.1, -0.05) is 34.1 Å². The molecule has 27 heavy (non-hydrogen) atoms. The first-order chi connectivity index (χ1) is 12.6. The number of fused-ring (bicyclic) bond motifs is 1. The second-order valence-electron chi connectivity index (χ2n) is 8.75. The summed E-state index contributed by atoms with van der Waals surface area (Å²) < 4.78 is 46.0. The quantitative estimate of drug-likeness (QED) is 0.613. The highest BCUT2D eigenvalue weighted by Crippen LogP contribution is 2.45. The normalized spacial score (nSPS) is 17.1. The monoisotopic (exact) mass is 382 g/mol. The lowest BCUT2D eigenvalue weighted by molar-refractivity contribution is -0.136. The summed E-state index contributed by atoms with van der Waals surface area (Å²) in [5.74, 6) is 0.908.